The number of hydrogen-bond donors (Lipinski definition) is 0. The number of aryl methyl sites for hydroxylation is 2. The molecule has 1 aromatic carbocycles. The van der Waals surface area contributed by atoms with Crippen LogP contribution in [0.1, 0.15) is 21.2 Å². The molecule has 0 fully saturated rings. The minimum atomic E-state index is -0.395. The highest BCUT2D eigenvalue weighted by Gasteiger charge is 2.21. The van der Waals surface area contributed by atoms with Crippen LogP contribution >= 0.6 is 11.3 Å². The van der Waals surface area contributed by atoms with Crippen LogP contribution in [-0.4, -0.2) is 20.7 Å². The Hall–Kier alpha value is -2.87. The summed E-state index contributed by atoms with van der Waals surface area (Å²) in [6.07, 6.45) is 0. The molecule has 3 rings (SSSR count). The van der Waals surface area contributed by atoms with Crippen molar-refractivity contribution in [1.82, 2.24) is 14.8 Å². The van der Waals surface area contributed by atoms with Gasteiger partial charge >= 0.3 is 0 Å². The van der Waals surface area contributed by atoms with Gasteiger partial charge in [0.25, 0.3) is 11.5 Å². The third-order valence-electron chi connectivity index (χ3n) is 3.55. The molecule has 0 aliphatic carbocycles. The van der Waals surface area contributed by atoms with Crippen LogP contribution in [-0.2, 0) is 13.6 Å². The predicted octanol–water partition coefficient (Wildman–Crippen LogP) is 2.53. The number of hydrogen-bond acceptors (Lipinski definition) is 5. The van der Waals surface area contributed by atoms with E-state index in [0.29, 0.717) is 5.69 Å². The van der Waals surface area contributed by atoms with Crippen LogP contribution in [0.5, 0.6) is 0 Å². The lowest BCUT2D eigenvalue weighted by Gasteiger charge is -2.21. The molecule has 0 saturated carbocycles. The highest BCUT2D eigenvalue weighted by Crippen LogP contribution is 2.21. The summed E-state index contributed by atoms with van der Waals surface area (Å²) in [5, 5.41) is 6.76. The van der Waals surface area contributed by atoms with E-state index in [0.717, 1.165) is 15.4 Å². The fourth-order valence-corrected chi connectivity index (χ4v) is 2.90. The molecule has 0 radical (unpaired) electrons. The molecule has 128 valence electrons. The molecular formula is C17H15FN4O2S. The van der Waals surface area contributed by atoms with Crippen LogP contribution in [0.15, 0.2) is 46.6 Å². The first-order valence-corrected chi connectivity index (χ1v) is 8.35. The molecule has 25 heavy (non-hydrogen) atoms. The summed E-state index contributed by atoms with van der Waals surface area (Å²) < 4.78 is 14.3. The van der Waals surface area contributed by atoms with Crippen molar-refractivity contribution in [2.75, 3.05) is 4.90 Å². The topological polar surface area (TPSA) is 68.1 Å². The lowest BCUT2D eigenvalue weighted by atomic mass is 10.2. The van der Waals surface area contributed by atoms with Crippen LogP contribution in [0.3, 0.4) is 0 Å². The van der Waals surface area contributed by atoms with Crippen molar-refractivity contribution < 1.29 is 9.18 Å². The molecule has 8 heteroatoms. The van der Waals surface area contributed by atoms with E-state index in [-0.39, 0.29) is 23.6 Å². The molecule has 0 aliphatic rings. The number of halogens is 1. The van der Waals surface area contributed by atoms with Gasteiger partial charge in [-0.1, -0.05) is 0 Å². The van der Waals surface area contributed by atoms with Crippen molar-refractivity contribution in [2.24, 2.45) is 7.05 Å². The first kappa shape index (κ1) is 17.0. The van der Waals surface area contributed by atoms with Gasteiger partial charge in [-0.15, -0.1) is 11.3 Å². The third kappa shape index (κ3) is 3.80. The number of nitrogens with zero attached hydrogens (tertiary/aromatic N) is 4. The van der Waals surface area contributed by atoms with Gasteiger partial charge in [-0.2, -0.15) is 5.10 Å². The van der Waals surface area contributed by atoms with Gasteiger partial charge in [0.1, 0.15) is 11.5 Å². The van der Waals surface area contributed by atoms with E-state index < -0.39 is 5.91 Å². The summed E-state index contributed by atoms with van der Waals surface area (Å²) in [4.78, 5) is 30.3. The van der Waals surface area contributed by atoms with Crippen LogP contribution in [0.4, 0.5) is 10.1 Å². The van der Waals surface area contributed by atoms with Crippen LogP contribution in [0.2, 0.25) is 0 Å². The third-order valence-corrected chi connectivity index (χ3v) is 4.37. The number of amides is 1. The standard InChI is InChI=1S/C17H15FN4O2S/c1-11-19-13(10-25-11)9-22(14-5-3-12(18)4-6-14)17(24)15-7-8-16(23)21(2)20-15/h3-8,10H,9H2,1-2H3. The molecule has 1 amide bonds. The Balaban J connectivity index is 1.99. The molecule has 0 spiro atoms. The second-order valence-electron chi connectivity index (χ2n) is 5.41. The van der Waals surface area contributed by atoms with E-state index in [4.69, 9.17) is 0 Å². The average molecular weight is 358 g/mol. The molecule has 0 atom stereocenters. The van der Waals surface area contributed by atoms with Crippen molar-refractivity contribution in [1.29, 1.82) is 0 Å². The van der Waals surface area contributed by atoms with E-state index in [9.17, 15) is 14.0 Å². The predicted molar refractivity (Wildman–Crippen MR) is 93.2 cm³/mol. The molecule has 3 aromatic rings. The Morgan fingerprint density at radius 3 is 2.56 bits per heavy atom. The number of carbonyl (C=O) groups excluding carboxylic acids is 1. The molecule has 0 saturated heterocycles. The maximum Gasteiger partial charge on any atom is 0.279 e. The summed E-state index contributed by atoms with van der Waals surface area (Å²) in [6, 6.07) is 8.29. The molecular weight excluding hydrogens is 343 g/mol. The Morgan fingerprint density at radius 1 is 1.24 bits per heavy atom. The first-order chi connectivity index (χ1) is 11.9. The van der Waals surface area contributed by atoms with Crippen LogP contribution < -0.4 is 10.5 Å². The minimum absolute atomic E-state index is 0.123. The fourth-order valence-electron chi connectivity index (χ4n) is 2.30. The lowest BCUT2D eigenvalue weighted by Crippen LogP contribution is -2.33. The van der Waals surface area contributed by atoms with Gasteiger partial charge in [0.05, 0.1) is 17.2 Å². The van der Waals surface area contributed by atoms with Gasteiger partial charge in [0, 0.05) is 24.2 Å². The van der Waals surface area contributed by atoms with Crippen molar-refractivity contribution in [3.63, 3.8) is 0 Å². The SMILES string of the molecule is Cc1nc(CN(C(=O)c2ccc(=O)n(C)n2)c2ccc(F)cc2)cs1. The van der Waals surface area contributed by atoms with Gasteiger partial charge in [0.15, 0.2) is 0 Å². The zero-order valence-electron chi connectivity index (χ0n) is 13.6. The van der Waals surface area contributed by atoms with E-state index in [1.165, 1.54) is 59.7 Å². The van der Waals surface area contributed by atoms with Crippen molar-refractivity contribution >= 4 is 22.9 Å². The van der Waals surface area contributed by atoms with E-state index >= 15 is 0 Å². The number of rotatable bonds is 4. The highest BCUT2D eigenvalue weighted by atomic mass is 32.1. The van der Waals surface area contributed by atoms with E-state index in [1.807, 2.05) is 12.3 Å². The van der Waals surface area contributed by atoms with Crippen molar-refractivity contribution in [3.8, 4) is 0 Å². The zero-order chi connectivity index (χ0) is 18.0. The second-order valence-corrected chi connectivity index (χ2v) is 6.47. The quantitative estimate of drug-likeness (QED) is 0.719. The molecule has 2 aromatic heterocycles. The summed E-state index contributed by atoms with van der Waals surface area (Å²) in [5.41, 5.74) is 1.07. The maximum absolute atomic E-state index is 13.2. The van der Waals surface area contributed by atoms with Crippen molar-refractivity contribution in [3.05, 3.63) is 74.3 Å². The van der Waals surface area contributed by atoms with Gasteiger partial charge < -0.3 is 4.90 Å². The number of anilines is 1. The van der Waals surface area contributed by atoms with Gasteiger partial charge in [-0.05, 0) is 37.3 Å². The Bertz CT molecular complexity index is 965. The number of thiazole rings is 1. The average Bonchev–Trinajstić information content (AvgIpc) is 3.01. The van der Waals surface area contributed by atoms with E-state index in [2.05, 4.69) is 10.1 Å². The summed E-state index contributed by atoms with van der Waals surface area (Å²) >= 11 is 1.49. The molecule has 2 heterocycles. The lowest BCUT2D eigenvalue weighted by molar-refractivity contribution is 0.0977. The monoisotopic (exact) mass is 358 g/mol. The molecule has 0 unspecified atom stereocenters. The number of aromatic nitrogens is 3. The largest absolute Gasteiger partial charge is 0.301 e. The van der Waals surface area contributed by atoms with Crippen LogP contribution in [0.25, 0.3) is 0 Å². The molecule has 0 N–H and O–H groups in total. The number of benzene rings is 1. The maximum atomic E-state index is 13.2. The Kier molecular flexibility index (Phi) is 4.71. The first-order valence-electron chi connectivity index (χ1n) is 7.47. The number of carbonyl (C=O) groups is 1. The van der Waals surface area contributed by atoms with Gasteiger partial charge in [-0.3, -0.25) is 9.59 Å². The smallest absolute Gasteiger partial charge is 0.279 e. The molecule has 6 nitrogen and oxygen atoms in total. The van der Waals surface area contributed by atoms with Crippen LogP contribution in [0, 0.1) is 12.7 Å². The summed E-state index contributed by atoms with van der Waals surface area (Å²) in [6.45, 7) is 2.10. The summed E-state index contributed by atoms with van der Waals surface area (Å²) in [5.74, 6) is -0.784. The second kappa shape index (κ2) is 6.94. The Labute approximate surface area is 147 Å². The van der Waals surface area contributed by atoms with Gasteiger partial charge in [0.2, 0.25) is 0 Å². The zero-order valence-corrected chi connectivity index (χ0v) is 14.5. The Morgan fingerprint density at radius 2 is 1.96 bits per heavy atom. The molecule has 0 bridgehead atoms. The minimum Gasteiger partial charge on any atom is -0.301 e. The van der Waals surface area contributed by atoms with E-state index in [1.54, 1.807) is 0 Å². The summed E-state index contributed by atoms with van der Waals surface area (Å²) in [7, 11) is 1.48. The molecule has 0 aliphatic heterocycles. The van der Waals surface area contributed by atoms with Gasteiger partial charge in [-0.25, -0.2) is 14.1 Å². The normalized spacial score (nSPS) is 10.7. The van der Waals surface area contributed by atoms with Crippen molar-refractivity contribution in [2.45, 2.75) is 13.5 Å². The highest BCUT2D eigenvalue weighted by molar-refractivity contribution is 7.09. The fraction of sp³-hybridized carbons (Fsp3) is 0.176.